The van der Waals surface area contributed by atoms with Crippen molar-refractivity contribution in [3.8, 4) is 5.75 Å². The van der Waals surface area contributed by atoms with Gasteiger partial charge in [-0.3, -0.25) is 14.9 Å². The molecule has 0 aliphatic carbocycles. The summed E-state index contributed by atoms with van der Waals surface area (Å²) in [5, 5.41) is 11.9. The van der Waals surface area contributed by atoms with E-state index in [4.69, 9.17) is 11.6 Å². The quantitative estimate of drug-likeness (QED) is 0.774. The molecule has 1 aliphatic rings. The van der Waals surface area contributed by atoms with Crippen molar-refractivity contribution < 1.29 is 14.7 Å². The SMILES string of the molecule is O=C1NC(=O)/C(=C\c2cc(Cl)cc(Br)c2O)S1. The molecule has 0 aromatic heterocycles. The van der Waals surface area contributed by atoms with Crippen molar-refractivity contribution in [2.45, 2.75) is 0 Å². The molecule has 88 valence electrons. The maximum absolute atomic E-state index is 11.3. The lowest BCUT2D eigenvalue weighted by Gasteiger charge is -2.03. The van der Waals surface area contributed by atoms with Gasteiger partial charge < -0.3 is 5.11 Å². The van der Waals surface area contributed by atoms with Crippen LogP contribution < -0.4 is 5.32 Å². The van der Waals surface area contributed by atoms with Gasteiger partial charge in [0.25, 0.3) is 11.1 Å². The molecule has 0 bridgehead atoms. The van der Waals surface area contributed by atoms with E-state index in [1.807, 2.05) is 0 Å². The van der Waals surface area contributed by atoms with Gasteiger partial charge in [-0.05, 0) is 45.9 Å². The Labute approximate surface area is 114 Å². The number of amides is 2. The van der Waals surface area contributed by atoms with E-state index in [2.05, 4.69) is 21.2 Å². The summed E-state index contributed by atoms with van der Waals surface area (Å²) in [6.07, 6.45) is 1.41. The normalized spacial score (nSPS) is 17.6. The first-order valence-electron chi connectivity index (χ1n) is 4.40. The third-order valence-corrected chi connectivity index (χ3v) is 3.62. The number of carbonyl (C=O) groups is 2. The third-order valence-electron chi connectivity index (χ3n) is 1.99. The Bertz CT molecular complexity index is 559. The summed E-state index contributed by atoms with van der Waals surface area (Å²) < 4.78 is 0.423. The van der Waals surface area contributed by atoms with Crippen LogP contribution in [0.2, 0.25) is 5.02 Å². The molecule has 0 spiro atoms. The van der Waals surface area contributed by atoms with Gasteiger partial charge in [-0.1, -0.05) is 11.6 Å². The Morgan fingerprint density at radius 3 is 2.71 bits per heavy atom. The molecule has 0 radical (unpaired) electrons. The number of nitrogens with one attached hydrogen (secondary N) is 1. The van der Waals surface area contributed by atoms with Crippen molar-refractivity contribution in [2.24, 2.45) is 0 Å². The molecule has 1 saturated heterocycles. The van der Waals surface area contributed by atoms with E-state index >= 15 is 0 Å². The number of hydrogen-bond acceptors (Lipinski definition) is 4. The first-order valence-corrected chi connectivity index (χ1v) is 6.39. The number of aromatic hydroxyl groups is 1. The number of phenols is 1. The minimum absolute atomic E-state index is 0.0327. The number of halogens is 2. The minimum atomic E-state index is -0.476. The largest absolute Gasteiger partial charge is 0.506 e. The highest BCUT2D eigenvalue weighted by Gasteiger charge is 2.25. The number of phenolic OH excluding ortho intramolecular Hbond substituents is 1. The standard InChI is InChI=1S/C10H5BrClNO3S/c11-6-3-5(12)1-4(8(6)14)2-7-9(15)13-10(16)17-7/h1-3,14H,(H,13,15,16)/b7-2+. The third kappa shape index (κ3) is 2.65. The van der Waals surface area contributed by atoms with Crippen molar-refractivity contribution in [1.29, 1.82) is 0 Å². The van der Waals surface area contributed by atoms with Crippen LogP contribution in [-0.2, 0) is 4.79 Å². The first-order chi connectivity index (χ1) is 7.97. The molecule has 2 amide bonds. The van der Waals surface area contributed by atoms with Gasteiger partial charge in [0.15, 0.2) is 0 Å². The van der Waals surface area contributed by atoms with Gasteiger partial charge in [0.05, 0.1) is 9.38 Å². The summed E-state index contributed by atoms with van der Waals surface area (Å²) in [6.45, 7) is 0. The van der Waals surface area contributed by atoms with Crippen LogP contribution in [0.1, 0.15) is 5.56 Å². The van der Waals surface area contributed by atoms with Crippen LogP contribution in [0.25, 0.3) is 6.08 Å². The van der Waals surface area contributed by atoms with Gasteiger partial charge in [0.1, 0.15) is 5.75 Å². The maximum Gasteiger partial charge on any atom is 0.290 e. The Morgan fingerprint density at radius 2 is 2.12 bits per heavy atom. The number of imide groups is 1. The molecule has 4 nitrogen and oxygen atoms in total. The number of hydrogen-bond donors (Lipinski definition) is 2. The van der Waals surface area contributed by atoms with Gasteiger partial charge >= 0.3 is 0 Å². The molecule has 0 atom stereocenters. The van der Waals surface area contributed by atoms with Crippen molar-refractivity contribution in [2.75, 3.05) is 0 Å². The highest BCUT2D eigenvalue weighted by Crippen LogP contribution is 2.35. The number of rotatable bonds is 1. The zero-order valence-electron chi connectivity index (χ0n) is 8.16. The van der Waals surface area contributed by atoms with Gasteiger partial charge in [-0.2, -0.15) is 0 Å². The van der Waals surface area contributed by atoms with Crippen LogP contribution >= 0.6 is 39.3 Å². The molecule has 1 heterocycles. The van der Waals surface area contributed by atoms with Gasteiger partial charge in [0.2, 0.25) is 0 Å². The van der Waals surface area contributed by atoms with Crippen molar-refractivity contribution >= 4 is 56.5 Å². The monoisotopic (exact) mass is 333 g/mol. The van der Waals surface area contributed by atoms with E-state index in [0.717, 1.165) is 11.8 Å². The fraction of sp³-hybridized carbons (Fsp3) is 0. The van der Waals surface area contributed by atoms with Crippen LogP contribution in [0.15, 0.2) is 21.5 Å². The second kappa shape index (κ2) is 4.72. The van der Waals surface area contributed by atoms with E-state index in [9.17, 15) is 14.7 Å². The number of benzene rings is 1. The highest BCUT2D eigenvalue weighted by molar-refractivity contribution is 9.10. The van der Waals surface area contributed by atoms with Gasteiger partial charge in [0, 0.05) is 10.6 Å². The van der Waals surface area contributed by atoms with E-state index in [0.29, 0.717) is 15.1 Å². The van der Waals surface area contributed by atoms with Crippen molar-refractivity contribution in [3.05, 3.63) is 32.1 Å². The maximum atomic E-state index is 11.3. The highest BCUT2D eigenvalue weighted by atomic mass is 79.9. The smallest absolute Gasteiger partial charge is 0.290 e. The van der Waals surface area contributed by atoms with Gasteiger partial charge in [-0.15, -0.1) is 0 Å². The molecule has 1 fully saturated rings. The molecule has 0 saturated carbocycles. The van der Waals surface area contributed by atoms with Crippen LogP contribution in [0.4, 0.5) is 4.79 Å². The predicted molar refractivity (Wildman–Crippen MR) is 69.9 cm³/mol. The predicted octanol–water partition coefficient (Wildman–Crippen LogP) is 3.13. The lowest BCUT2D eigenvalue weighted by atomic mass is 10.2. The van der Waals surface area contributed by atoms with Crippen LogP contribution in [0, 0.1) is 0 Å². The van der Waals surface area contributed by atoms with Crippen LogP contribution in [0.3, 0.4) is 0 Å². The molecule has 2 rings (SSSR count). The van der Waals surface area contributed by atoms with E-state index < -0.39 is 11.1 Å². The number of thioether (sulfide) groups is 1. The minimum Gasteiger partial charge on any atom is -0.506 e. The average molecular weight is 335 g/mol. The van der Waals surface area contributed by atoms with Gasteiger partial charge in [-0.25, -0.2) is 0 Å². The second-order valence-electron chi connectivity index (χ2n) is 3.18. The van der Waals surface area contributed by atoms with E-state index in [1.165, 1.54) is 18.2 Å². The summed E-state index contributed by atoms with van der Waals surface area (Å²) in [5.41, 5.74) is 0.372. The van der Waals surface area contributed by atoms with Crippen LogP contribution in [0.5, 0.6) is 5.75 Å². The first kappa shape index (κ1) is 12.5. The summed E-state index contributed by atoms with van der Waals surface area (Å²) in [4.78, 5) is 22.5. The van der Waals surface area contributed by atoms with E-state index in [-0.39, 0.29) is 10.7 Å². The van der Waals surface area contributed by atoms with Crippen LogP contribution in [-0.4, -0.2) is 16.3 Å². The zero-order chi connectivity index (χ0) is 12.6. The molecule has 17 heavy (non-hydrogen) atoms. The Morgan fingerprint density at radius 1 is 1.41 bits per heavy atom. The van der Waals surface area contributed by atoms with E-state index in [1.54, 1.807) is 0 Å². The second-order valence-corrected chi connectivity index (χ2v) is 5.48. The summed E-state index contributed by atoms with van der Waals surface area (Å²) in [6, 6.07) is 3.04. The zero-order valence-corrected chi connectivity index (χ0v) is 11.3. The molecular weight excluding hydrogens is 330 g/mol. The summed E-state index contributed by atoms with van der Waals surface area (Å²) in [5.74, 6) is -0.509. The molecule has 1 aromatic rings. The molecule has 2 N–H and O–H groups in total. The molecule has 1 aromatic carbocycles. The molecular formula is C10H5BrClNO3S. The van der Waals surface area contributed by atoms with Crippen molar-refractivity contribution in [1.82, 2.24) is 5.32 Å². The topological polar surface area (TPSA) is 66.4 Å². The Hall–Kier alpha value is -0.980. The van der Waals surface area contributed by atoms with Crippen molar-refractivity contribution in [3.63, 3.8) is 0 Å². The Kier molecular flexibility index (Phi) is 3.46. The lowest BCUT2D eigenvalue weighted by molar-refractivity contribution is -0.115. The average Bonchev–Trinajstić information content (AvgIpc) is 2.53. The summed E-state index contributed by atoms with van der Waals surface area (Å²) >= 11 is 9.74. The summed E-state index contributed by atoms with van der Waals surface area (Å²) in [7, 11) is 0. The Balaban J connectivity index is 2.46. The molecule has 0 unspecified atom stereocenters. The lowest BCUT2D eigenvalue weighted by Crippen LogP contribution is -2.17. The fourth-order valence-electron chi connectivity index (χ4n) is 1.26. The fourth-order valence-corrected chi connectivity index (χ4v) is 2.77. The molecule has 1 aliphatic heterocycles. The molecule has 7 heteroatoms. The number of carbonyl (C=O) groups excluding carboxylic acids is 2.